The van der Waals surface area contributed by atoms with Crippen LogP contribution in [0.1, 0.15) is 32.6 Å². The summed E-state index contributed by atoms with van der Waals surface area (Å²) in [4.78, 5) is 21.9. The second-order valence-corrected chi connectivity index (χ2v) is 5.81. The number of aliphatic carboxylic acids is 1. The lowest BCUT2D eigenvalue weighted by molar-refractivity contribution is -0.142. The van der Waals surface area contributed by atoms with Crippen molar-refractivity contribution in [1.82, 2.24) is 0 Å². The van der Waals surface area contributed by atoms with Crippen molar-refractivity contribution >= 4 is 34.9 Å². The van der Waals surface area contributed by atoms with Crippen molar-refractivity contribution in [3.05, 3.63) is 23.2 Å². The first-order valence-electron chi connectivity index (χ1n) is 7.02. The largest absolute Gasteiger partial charge is 0.481 e. The van der Waals surface area contributed by atoms with Gasteiger partial charge in [-0.05, 0) is 43.9 Å². The number of carboxylic acid groups (broad SMARTS) is 1. The van der Waals surface area contributed by atoms with Gasteiger partial charge in [0.2, 0.25) is 5.91 Å². The number of carbonyl (C=O) groups excluding carboxylic acids is 1. The molecule has 1 aliphatic rings. The zero-order chi connectivity index (χ0) is 15.4. The zero-order valence-corrected chi connectivity index (χ0v) is 12.6. The molecule has 1 aromatic carbocycles. The minimum atomic E-state index is -0.698. The molecule has 0 unspecified atom stereocenters. The maximum atomic E-state index is 11.0. The predicted molar refractivity (Wildman–Crippen MR) is 82.8 cm³/mol. The highest BCUT2D eigenvalue weighted by Crippen LogP contribution is 2.29. The minimum Gasteiger partial charge on any atom is -0.481 e. The Hall–Kier alpha value is -1.75. The van der Waals surface area contributed by atoms with Gasteiger partial charge in [-0.3, -0.25) is 9.59 Å². The van der Waals surface area contributed by atoms with E-state index in [9.17, 15) is 9.59 Å². The van der Waals surface area contributed by atoms with Gasteiger partial charge < -0.3 is 15.7 Å². The molecule has 1 amide bonds. The van der Waals surface area contributed by atoms with E-state index in [1.807, 2.05) is 6.07 Å². The quantitative estimate of drug-likeness (QED) is 0.797. The summed E-state index contributed by atoms with van der Waals surface area (Å²) in [5.74, 6) is -1.07. The summed E-state index contributed by atoms with van der Waals surface area (Å²) >= 11 is 6.12. The summed E-state index contributed by atoms with van der Waals surface area (Å²) < 4.78 is 0. The Bertz CT molecular complexity index is 540. The molecule has 1 fully saturated rings. The van der Waals surface area contributed by atoms with Crippen molar-refractivity contribution in [2.45, 2.75) is 38.6 Å². The maximum Gasteiger partial charge on any atom is 0.306 e. The Morgan fingerprint density at radius 1 is 1.24 bits per heavy atom. The van der Waals surface area contributed by atoms with Gasteiger partial charge in [-0.1, -0.05) is 11.6 Å². The fraction of sp³-hybridized carbons (Fsp3) is 0.467. The van der Waals surface area contributed by atoms with Crippen LogP contribution < -0.4 is 10.6 Å². The van der Waals surface area contributed by atoms with E-state index < -0.39 is 5.97 Å². The van der Waals surface area contributed by atoms with E-state index in [0.717, 1.165) is 18.5 Å². The van der Waals surface area contributed by atoms with Crippen LogP contribution in [0.3, 0.4) is 0 Å². The van der Waals surface area contributed by atoms with Crippen molar-refractivity contribution in [3.63, 3.8) is 0 Å². The average molecular weight is 311 g/mol. The van der Waals surface area contributed by atoms with Gasteiger partial charge in [-0.2, -0.15) is 0 Å². The highest BCUT2D eigenvalue weighted by atomic mass is 35.5. The second kappa shape index (κ2) is 6.80. The molecule has 6 heteroatoms. The van der Waals surface area contributed by atoms with Crippen LogP contribution in [0.15, 0.2) is 18.2 Å². The van der Waals surface area contributed by atoms with E-state index in [1.165, 1.54) is 6.92 Å². The molecule has 0 atom stereocenters. The van der Waals surface area contributed by atoms with E-state index in [4.69, 9.17) is 16.7 Å². The van der Waals surface area contributed by atoms with Crippen molar-refractivity contribution in [1.29, 1.82) is 0 Å². The first-order chi connectivity index (χ1) is 9.95. The number of halogens is 1. The molecule has 0 saturated heterocycles. The molecule has 0 bridgehead atoms. The van der Waals surface area contributed by atoms with Crippen molar-refractivity contribution < 1.29 is 14.7 Å². The molecule has 21 heavy (non-hydrogen) atoms. The summed E-state index contributed by atoms with van der Waals surface area (Å²) in [5.41, 5.74) is 1.47. The lowest BCUT2D eigenvalue weighted by Gasteiger charge is -2.27. The molecular formula is C15H19ClN2O3. The molecule has 0 aliphatic heterocycles. The molecule has 0 spiro atoms. The number of amides is 1. The van der Waals surface area contributed by atoms with Crippen LogP contribution in [0, 0.1) is 5.92 Å². The molecule has 0 radical (unpaired) electrons. The molecule has 0 heterocycles. The summed E-state index contributed by atoms with van der Waals surface area (Å²) in [6.07, 6.45) is 3.07. The van der Waals surface area contributed by atoms with Gasteiger partial charge in [0.05, 0.1) is 16.6 Å². The molecule has 5 nitrogen and oxygen atoms in total. The van der Waals surface area contributed by atoms with Gasteiger partial charge in [-0.15, -0.1) is 0 Å². The van der Waals surface area contributed by atoms with E-state index in [2.05, 4.69) is 10.6 Å². The Labute approximate surface area is 128 Å². The molecule has 3 N–H and O–H groups in total. The highest BCUT2D eigenvalue weighted by Gasteiger charge is 2.25. The second-order valence-electron chi connectivity index (χ2n) is 5.41. The number of nitrogens with one attached hydrogen (secondary N) is 2. The van der Waals surface area contributed by atoms with Gasteiger partial charge >= 0.3 is 5.97 Å². The number of hydrogen-bond acceptors (Lipinski definition) is 3. The summed E-state index contributed by atoms with van der Waals surface area (Å²) in [7, 11) is 0. The third kappa shape index (κ3) is 4.36. The maximum absolute atomic E-state index is 11.0. The molecule has 0 aromatic heterocycles. The Morgan fingerprint density at radius 3 is 2.43 bits per heavy atom. The van der Waals surface area contributed by atoms with Gasteiger partial charge in [0.1, 0.15) is 0 Å². The Kier molecular flexibility index (Phi) is 5.07. The molecule has 1 aromatic rings. The van der Waals surface area contributed by atoms with Crippen LogP contribution >= 0.6 is 11.6 Å². The summed E-state index contributed by atoms with van der Waals surface area (Å²) in [6.45, 7) is 1.43. The van der Waals surface area contributed by atoms with Crippen LogP contribution in [0.4, 0.5) is 11.4 Å². The highest BCUT2D eigenvalue weighted by molar-refractivity contribution is 6.34. The number of anilines is 2. The van der Waals surface area contributed by atoms with Crippen molar-refractivity contribution in [3.8, 4) is 0 Å². The fourth-order valence-corrected chi connectivity index (χ4v) is 2.84. The van der Waals surface area contributed by atoms with E-state index in [-0.39, 0.29) is 17.9 Å². The van der Waals surface area contributed by atoms with Crippen LogP contribution in [0.5, 0.6) is 0 Å². The van der Waals surface area contributed by atoms with Gasteiger partial charge in [0.25, 0.3) is 0 Å². The lowest BCUT2D eigenvalue weighted by Crippen LogP contribution is -2.29. The minimum absolute atomic E-state index is 0.162. The number of rotatable bonds is 4. The lowest BCUT2D eigenvalue weighted by atomic mass is 9.86. The molecule has 114 valence electrons. The van der Waals surface area contributed by atoms with Gasteiger partial charge in [0, 0.05) is 18.7 Å². The first-order valence-corrected chi connectivity index (χ1v) is 7.40. The number of benzene rings is 1. The van der Waals surface area contributed by atoms with Crippen LogP contribution in [-0.2, 0) is 9.59 Å². The number of hydrogen-bond donors (Lipinski definition) is 3. The Balaban J connectivity index is 1.93. The molecule has 2 rings (SSSR count). The predicted octanol–water partition coefficient (Wildman–Crippen LogP) is 3.35. The fourth-order valence-electron chi connectivity index (χ4n) is 2.62. The molecule has 1 saturated carbocycles. The standard InChI is InChI=1S/C15H19ClN2O3/c1-9(19)17-14-7-6-12(8-13(14)16)18-11-4-2-10(3-5-11)15(20)21/h6-8,10-11,18H,2-5H2,1H3,(H,17,19)(H,20,21). The topological polar surface area (TPSA) is 78.4 Å². The van der Waals surface area contributed by atoms with Crippen LogP contribution in [0.25, 0.3) is 0 Å². The monoisotopic (exact) mass is 310 g/mol. The summed E-state index contributed by atoms with van der Waals surface area (Å²) in [5, 5.41) is 15.5. The normalized spacial score (nSPS) is 21.6. The summed E-state index contributed by atoms with van der Waals surface area (Å²) in [6, 6.07) is 5.66. The number of carbonyl (C=O) groups is 2. The molecular weight excluding hydrogens is 292 g/mol. The van der Waals surface area contributed by atoms with Gasteiger partial charge in [-0.25, -0.2) is 0 Å². The van der Waals surface area contributed by atoms with E-state index in [0.29, 0.717) is 23.6 Å². The average Bonchev–Trinajstić information content (AvgIpc) is 2.42. The van der Waals surface area contributed by atoms with E-state index >= 15 is 0 Å². The third-order valence-electron chi connectivity index (χ3n) is 3.73. The smallest absolute Gasteiger partial charge is 0.306 e. The molecule has 1 aliphatic carbocycles. The zero-order valence-electron chi connectivity index (χ0n) is 11.9. The van der Waals surface area contributed by atoms with Crippen LogP contribution in [0.2, 0.25) is 5.02 Å². The van der Waals surface area contributed by atoms with E-state index in [1.54, 1.807) is 12.1 Å². The Morgan fingerprint density at radius 2 is 1.90 bits per heavy atom. The first kappa shape index (κ1) is 15.6. The number of carboxylic acids is 1. The van der Waals surface area contributed by atoms with Crippen molar-refractivity contribution in [2.75, 3.05) is 10.6 Å². The SMILES string of the molecule is CC(=O)Nc1ccc(NC2CCC(C(=O)O)CC2)cc1Cl. The van der Waals surface area contributed by atoms with Crippen molar-refractivity contribution in [2.24, 2.45) is 5.92 Å². The van der Waals surface area contributed by atoms with Crippen LogP contribution in [-0.4, -0.2) is 23.0 Å². The third-order valence-corrected chi connectivity index (χ3v) is 4.04. The van der Waals surface area contributed by atoms with Gasteiger partial charge in [0.15, 0.2) is 0 Å².